The molecule has 1 rings (SSSR count). The molecule has 0 radical (unpaired) electrons. The summed E-state index contributed by atoms with van der Waals surface area (Å²) in [5, 5.41) is 9.81. The van der Waals surface area contributed by atoms with E-state index >= 15 is 0 Å². The van der Waals surface area contributed by atoms with Gasteiger partial charge in [-0.3, -0.25) is 9.63 Å². The molecule has 0 aromatic rings. The molecule has 1 atom stereocenters. The van der Waals surface area contributed by atoms with Gasteiger partial charge in [-0.05, 0) is 6.42 Å². The molecule has 1 aliphatic heterocycles. The van der Waals surface area contributed by atoms with Crippen molar-refractivity contribution in [2.45, 2.75) is 6.42 Å². The number of carbonyl (C=O) groups excluding carboxylic acids is 1. The van der Waals surface area contributed by atoms with Crippen molar-refractivity contribution >= 4 is 12.0 Å². The van der Waals surface area contributed by atoms with E-state index in [1.54, 1.807) is 0 Å². The van der Waals surface area contributed by atoms with Gasteiger partial charge in [-0.15, -0.1) is 0 Å². The van der Waals surface area contributed by atoms with Crippen molar-refractivity contribution in [2.24, 2.45) is 5.92 Å². The van der Waals surface area contributed by atoms with E-state index in [0.29, 0.717) is 13.0 Å². The molecule has 1 heterocycles. The summed E-state index contributed by atoms with van der Waals surface area (Å²) in [4.78, 5) is 28.1. The molecule has 0 bridgehead atoms. The van der Waals surface area contributed by atoms with Crippen LogP contribution in [0.15, 0.2) is 0 Å². The maximum atomic E-state index is 11.5. The summed E-state index contributed by atoms with van der Waals surface area (Å²) in [6, 6.07) is 0. The van der Waals surface area contributed by atoms with Crippen LogP contribution in [0.5, 0.6) is 0 Å². The third-order valence-corrected chi connectivity index (χ3v) is 2.39. The van der Waals surface area contributed by atoms with E-state index in [-0.39, 0.29) is 18.4 Å². The van der Waals surface area contributed by atoms with E-state index in [1.807, 2.05) is 0 Å². The number of carboxylic acid groups (broad SMARTS) is 1. The third-order valence-electron chi connectivity index (χ3n) is 2.39. The highest BCUT2D eigenvalue weighted by Gasteiger charge is 2.32. The number of carbonyl (C=O) groups is 2. The first-order chi connectivity index (χ1) is 6.56. The van der Waals surface area contributed by atoms with E-state index in [4.69, 9.17) is 9.94 Å². The molecule has 2 amide bonds. The molecule has 0 unspecified atom stereocenters. The van der Waals surface area contributed by atoms with Crippen molar-refractivity contribution in [2.75, 3.05) is 27.2 Å². The topological polar surface area (TPSA) is 70.1 Å². The SMILES string of the molecule is CON(C)C(=O)[C@@H]1CCN(C(=O)O)C1. The van der Waals surface area contributed by atoms with Crippen molar-refractivity contribution < 1.29 is 19.5 Å². The number of nitrogens with zero attached hydrogens (tertiary/aromatic N) is 2. The largest absolute Gasteiger partial charge is 0.465 e. The van der Waals surface area contributed by atoms with Crippen LogP contribution in [0.25, 0.3) is 0 Å². The van der Waals surface area contributed by atoms with Crippen molar-refractivity contribution in [3.05, 3.63) is 0 Å². The zero-order valence-corrected chi connectivity index (χ0v) is 8.27. The first kappa shape index (κ1) is 10.8. The summed E-state index contributed by atoms with van der Waals surface area (Å²) in [6.07, 6.45) is -0.404. The standard InChI is InChI=1S/C8H14N2O4/c1-9(14-2)7(11)6-3-4-10(5-6)8(12)13/h6H,3-5H2,1-2H3,(H,12,13)/t6-/m1/s1. The number of hydrogen-bond donors (Lipinski definition) is 1. The second-order valence-electron chi connectivity index (χ2n) is 3.23. The van der Waals surface area contributed by atoms with Gasteiger partial charge >= 0.3 is 6.09 Å². The fraction of sp³-hybridized carbons (Fsp3) is 0.750. The lowest BCUT2D eigenvalue weighted by atomic mass is 10.1. The van der Waals surface area contributed by atoms with E-state index in [0.717, 1.165) is 5.06 Å². The summed E-state index contributed by atoms with van der Waals surface area (Å²) >= 11 is 0. The fourth-order valence-corrected chi connectivity index (χ4v) is 1.48. The first-order valence-corrected chi connectivity index (χ1v) is 4.35. The van der Waals surface area contributed by atoms with Gasteiger partial charge in [-0.1, -0.05) is 0 Å². The van der Waals surface area contributed by atoms with Gasteiger partial charge in [0.1, 0.15) is 0 Å². The molecule has 1 saturated heterocycles. The van der Waals surface area contributed by atoms with Crippen LogP contribution in [0.4, 0.5) is 4.79 Å². The van der Waals surface area contributed by atoms with Crippen molar-refractivity contribution in [3.8, 4) is 0 Å². The monoisotopic (exact) mass is 202 g/mol. The molecule has 0 aliphatic carbocycles. The summed E-state index contributed by atoms with van der Waals surface area (Å²) in [6.45, 7) is 0.686. The van der Waals surface area contributed by atoms with Crippen LogP contribution in [0, 0.1) is 5.92 Å². The molecule has 0 saturated carbocycles. The van der Waals surface area contributed by atoms with Crippen LogP contribution >= 0.6 is 0 Å². The number of hydroxylamine groups is 2. The van der Waals surface area contributed by atoms with Crippen LogP contribution in [-0.2, 0) is 9.63 Å². The Balaban J connectivity index is 2.49. The minimum absolute atomic E-state index is 0.170. The predicted molar refractivity (Wildman–Crippen MR) is 47.5 cm³/mol. The molecular formula is C8H14N2O4. The second kappa shape index (κ2) is 4.28. The quantitative estimate of drug-likeness (QED) is 0.640. The van der Waals surface area contributed by atoms with E-state index in [2.05, 4.69) is 0 Å². The number of hydrogen-bond acceptors (Lipinski definition) is 3. The lowest BCUT2D eigenvalue weighted by molar-refractivity contribution is -0.172. The molecule has 6 heteroatoms. The molecule has 1 N–H and O–H groups in total. The molecule has 0 aromatic heterocycles. The molecule has 6 nitrogen and oxygen atoms in total. The van der Waals surface area contributed by atoms with Gasteiger partial charge in [0.25, 0.3) is 5.91 Å². The van der Waals surface area contributed by atoms with E-state index < -0.39 is 6.09 Å². The van der Waals surface area contributed by atoms with Gasteiger partial charge in [0.05, 0.1) is 13.0 Å². The summed E-state index contributed by atoms with van der Waals surface area (Å²) in [7, 11) is 2.92. The highest BCUT2D eigenvalue weighted by molar-refractivity contribution is 5.79. The Morgan fingerprint density at radius 1 is 1.57 bits per heavy atom. The minimum atomic E-state index is -0.972. The van der Waals surface area contributed by atoms with Gasteiger partial charge in [-0.2, -0.15) is 0 Å². The Kier molecular flexibility index (Phi) is 3.29. The fourth-order valence-electron chi connectivity index (χ4n) is 1.48. The minimum Gasteiger partial charge on any atom is -0.465 e. The predicted octanol–water partition coefficient (Wildman–Crippen LogP) is 0.00610. The summed E-state index contributed by atoms with van der Waals surface area (Å²) in [5.74, 6) is -0.438. The highest BCUT2D eigenvalue weighted by Crippen LogP contribution is 2.18. The molecule has 80 valence electrons. The molecule has 1 aliphatic rings. The lowest BCUT2D eigenvalue weighted by Crippen LogP contribution is -2.34. The molecular weight excluding hydrogens is 188 g/mol. The molecule has 1 fully saturated rings. The zero-order chi connectivity index (χ0) is 10.7. The van der Waals surface area contributed by atoms with Crippen LogP contribution in [0.2, 0.25) is 0 Å². The molecule has 0 aromatic carbocycles. The van der Waals surface area contributed by atoms with Gasteiger partial charge in [0, 0.05) is 20.1 Å². The average molecular weight is 202 g/mol. The van der Waals surface area contributed by atoms with Crippen molar-refractivity contribution in [1.29, 1.82) is 0 Å². The maximum Gasteiger partial charge on any atom is 0.407 e. The highest BCUT2D eigenvalue weighted by atomic mass is 16.7. The first-order valence-electron chi connectivity index (χ1n) is 4.35. The van der Waals surface area contributed by atoms with E-state index in [9.17, 15) is 9.59 Å². The molecule has 0 spiro atoms. The Labute approximate surface area is 82.0 Å². The smallest absolute Gasteiger partial charge is 0.407 e. The Bertz CT molecular complexity index is 243. The van der Waals surface area contributed by atoms with Crippen molar-refractivity contribution in [1.82, 2.24) is 9.96 Å². The van der Waals surface area contributed by atoms with Crippen LogP contribution in [0.1, 0.15) is 6.42 Å². The van der Waals surface area contributed by atoms with Crippen molar-refractivity contribution in [3.63, 3.8) is 0 Å². The third kappa shape index (κ3) is 2.14. The number of amides is 2. The summed E-state index contributed by atoms with van der Waals surface area (Å²) < 4.78 is 0. The van der Waals surface area contributed by atoms with E-state index in [1.165, 1.54) is 19.1 Å². The van der Waals surface area contributed by atoms with Crippen LogP contribution in [0.3, 0.4) is 0 Å². The van der Waals surface area contributed by atoms with Crippen LogP contribution in [-0.4, -0.2) is 54.3 Å². The zero-order valence-electron chi connectivity index (χ0n) is 8.27. The summed E-state index contributed by atoms with van der Waals surface area (Å²) in [5.41, 5.74) is 0. The number of rotatable bonds is 2. The average Bonchev–Trinajstić information content (AvgIpc) is 2.64. The maximum absolute atomic E-state index is 11.5. The van der Waals surface area contributed by atoms with Gasteiger partial charge in [0.2, 0.25) is 0 Å². The van der Waals surface area contributed by atoms with Gasteiger partial charge in [0.15, 0.2) is 0 Å². The number of likely N-dealkylation sites (tertiary alicyclic amines) is 1. The van der Waals surface area contributed by atoms with Gasteiger partial charge in [-0.25, -0.2) is 9.86 Å². The Morgan fingerprint density at radius 2 is 2.21 bits per heavy atom. The Morgan fingerprint density at radius 3 is 2.64 bits per heavy atom. The second-order valence-corrected chi connectivity index (χ2v) is 3.23. The molecule has 14 heavy (non-hydrogen) atoms. The van der Waals surface area contributed by atoms with Gasteiger partial charge < -0.3 is 10.0 Å². The van der Waals surface area contributed by atoms with Crippen LogP contribution < -0.4 is 0 Å². The lowest BCUT2D eigenvalue weighted by Gasteiger charge is -2.18. The normalized spacial score (nSPS) is 21.0. The Hall–Kier alpha value is -1.30.